The van der Waals surface area contributed by atoms with Crippen LogP contribution in [0.5, 0.6) is 0 Å². The molecule has 516 valence electrons. The molecule has 88 heavy (non-hydrogen) atoms. The van der Waals surface area contributed by atoms with Crippen molar-refractivity contribution < 1.29 is 89.4 Å². The van der Waals surface area contributed by atoms with E-state index in [1.165, 1.54) is 186 Å². The predicted molar refractivity (Wildman–Crippen MR) is 342 cm³/mol. The Kier molecular flexibility index (Phi) is 46.9. The third-order valence-corrected chi connectivity index (χ3v) is 17.7. The van der Waals surface area contributed by atoms with Gasteiger partial charge in [-0.3, -0.25) is 4.79 Å². The smallest absolute Gasteiger partial charge is 0.220 e. The Hall–Kier alpha value is -1.99. The zero-order valence-corrected chi connectivity index (χ0v) is 54.5. The average Bonchev–Trinajstić information content (AvgIpc) is 2.44. The van der Waals surface area contributed by atoms with E-state index in [1.54, 1.807) is 6.08 Å². The van der Waals surface area contributed by atoms with Gasteiger partial charge in [0.1, 0.15) is 73.2 Å². The number of hydrogen-bond donors (Lipinski definition) is 12. The summed E-state index contributed by atoms with van der Waals surface area (Å²) in [5.74, 6) is -0.290. The molecule has 0 aromatic carbocycles. The number of allylic oxidation sites excluding steroid dienone is 5. The van der Waals surface area contributed by atoms with Crippen LogP contribution in [0.1, 0.15) is 264 Å². The third kappa shape index (κ3) is 33.2. The summed E-state index contributed by atoms with van der Waals surface area (Å²) in [6.45, 7) is 1.70. The van der Waals surface area contributed by atoms with E-state index in [0.717, 1.165) is 44.9 Å². The van der Waals surface area contributed by atoms with Gasteiger partial charge in [-0.1, -0.05) is 249 Å². The fourth-order valence-electron chi connectivity index (χ4n) is 11.9. The number of aliphatic hydroxyl groups excluding tert-OH is 11. The van der Waals surface area contributed by atoms with Gasteiger partial charge in [0.2, 0.25) is 5.91 Å². The summed E-state index contributed by atoms with van der Waals surface area (Å²) < 4.78 is 34.3. The summed E-state index contributed by atoms with van der Waals surface area (Å²) in [4.78, 5) is 13.3. The van der Waals surface area contributed by atoms with Crippen LogP contribution >= 0.6 is 0 Å². The Labute approximate surface area is 530 Å². The summed E-state index contributed by atoms with van der Waals surface area (Å²) in [5, 5.41) is 120. The highest BCUT2D eigenvalue weighted by molar-refractivity contribution is 5.76. The zero-order chi connectivity index (χ0) is 64.0. The number of carbonyl (C=O) groups is 1. The molecular weight excluding hydrogens is 1130 g/mol. The van der Waals surface area contributed by atoms with Crippen LogP contribution in [-0.4, -0.2) is 193 Å². The molecule has 17 unspecified atom stereocenters. The van der Waals surface area contributed by atoms with Crippen molar-refractivity contribution in [2.75, 3.05) is 26.4 Å². The van der Waals surface area contributed by atoms with Crippen molar-refractivity contribution in [3.05, 3.63) is 36.5 Å². The third-order valence-electron chi connectivity index (χ3n) is 17.7. The van der Waals surface area contributed by atoms with Gasteiger partial charge in [-0.25, -0.2) is 0 Å². The molecule has 3 rings (SSSR count). The molecule has 3 aliphatic heterocycles. The highest BCUT2D eigenvalue weighted by Gasteiger charge is 2.53. The lowest BCUT2D eigenvalue weighted by Gasteiger charge is -2.48. The summed E-state index contributed by atoms with van der Waals surface area (Å²) in [7, 11) is 0. The van der Waals surface area contributed by atoms with Gasteiger partial charge < -0.3 is 89.9 Å². The topological polar surface area (TPSA) is 307 Å². The Morgan fingerprint density at radius 1 is 0.398 bits per heavy atom. The quantitative estimate of drug-likeness (QED) is 0.0199. The number of amides is 1. The van der Waals surface area contributed by atoms with E-state index in [9.17, 15) is 61.0 Å². The van der Waals surface area contributed by atoms with E-state index in [4.69, 9.17) is 28.4 Å². The fourth-order valence-corrected chi connectivity index (χ4v) is 11.9. The molecule has 12 N–H and O–H groups in total. The van der Waals surface area contributed by atoms with E-state index < -0.39 is 124 Å². The lowest BCUT2D eigenvalue weighted by Crippen LogP contribution is -2.66. The first kappa shape index (κ1) is 80.2. The van der Waals surface area contributed by atoms with Crippen LogP contribution in [0.3, 0.4) is 0 Å². The van der Waals surface area contributed by atoms with Gasteiger partial charge in [-0.05, 0) is 44.9 Å². The second kappa shape index (κ2) is 51.4. The summed E-state index contributed by atoms with van der Waals surface area (Å²) in [5.41, 5.74) is 0. The van der Waals surface area contributed by atoms with Gasteiger partial charge in [-0.15, -0.1) is 0 Å². The van der Waals surface area contributed by atoms with E-state index in [-0.39, 0.29) is 18.9 Å². The van der Waals surface area contributed by atoms with Crippen molar-refractivity contribution in [2.45, 2.75) is 369 Å². The lowest BCUT2D eigenvalue weighted by atomic mass is 9.96. The molecule has 0 aromatic heterocycles. The number of aliphatic hydroxyl groups is 11. The molecule has 3 saturated heterocycles. The molecule has 1 amide bonds. The minimum Gasteiger partial charge on any atom is -0.394 e. The maximum Gasteiger partial charge on any atom is 0.220 e. The van der Waals surface area contributed by atoms with Crippen LogP contribution < -0.4 is 5.32 Å². The Morgan fingerprint density at radius 2 is 0.727 bits per heavy atom. The first-order chi connectivity index (χ1) is 42.8. The lowest BCUT2D eigenvalue weighted by molar-refractivity contribution is -0.379. The number of rotatable bonds is 54. The molecule has 0 bridgehead atoms. The highest BCUT2D eigenvalue weighted by atomic mass is 16.8. The van der Waals surface area contributed by atoms with Crippen molar-refractivity contribution in [3.8, 4) is 0 Å². The van der Waals surface area contributed by atoms with E-state index in [2.05, 4.69) is 43.5 Å². The van der Waals surface area contributed by atoms with Gasteiger partial charge in [-0.2, -0.15) is 0 Å². The molecule has 3 heterocycles. The monoisotopic (exact) mass is 1260 g/mol. The van der Waals surface area contributed by atoms with Crippen molar-refractivity contribution in [1.29, 1.82) is 0 Å². The molecule has 0 aromatic rings. The molecule has 0 radical (unpaired) electrons. The van der Waals surface area contributed by atoms with Gasteiger partial charge in [0.05, 0.1) is 38.6 Å². The molecule has 0 spiro atoms. The van der Waals surface area contributed by atoms with Gasteiger partial charge in [0.15, 0.2) is 18.9 Å². The summed E-state index contributed by atoms with van der Waals surface area (Å²) >= 11 is 0. The van der Waals surface area contributed by atoms with Crippen LogP contribution in [0.15, 0.2) is 36.5 Å². The van der Waals surface area contributed by atoms with Crippen LogP contribution in [-0.2, 0) is 33.2 Å². The largest absolute Gasteiger partial charge is 0.394 e. The minimum absolute atomic E-state index is 0.234. The normalized spacial score (nSPS) is 28.6. The number of nitrogens with one attached hydrogen (secondary N) is 1. The van der Waals surface area contributed by atoms with Gasteiger partial charge >= 0.3 is 0 Å². The predicted octanol–water partition coefficient (Wildman–Crippen LogP) is 9.22. The van der Waals surface area contributed by atoms with E-state index in [0.29, 0.717) is 12.8 Å². The van der Waals surface area contributed by atoms with Crippen LogP contribution in [0, 0.1) is 0 Å². The summed E-state index contributed by atoms with van der Waals surface area (Å²) in [6.07, 6.45) is 33.1. The minimum atomic E-state index is -1.98. The number of ether oxygens (including phenoxy) is 6. The second-order valence-electron chi connectivity index (χ2n) is 25.3. The molecule has 3 aliphatic rings. The molecule has 17 atom stereocenters. The molecule has 0 saturated carbocycles. The Morgan fingerprint density at radius 3 is 1.14 bits per heavy atom. The van der Waals surface area contributed by atoms with Gasteiger partial charge in [0.25, 0.3) is 0 Å². The van der Waals surface area contributed by atoms with Crippen LogP contribution in [0.25, 0.3) is 0 Å². The molecule has 0 aliphatic carbocycles. The average molecular weight is 1260 g/mol. The number of unbranched alkanes of at least 4 members (excludes halogenated alkanes) is 34. The number of hydrogen-bond acceptors (Lipinski definition) is 18. The molecule has 3 fully saturated rings. The first-order valence-corrected chi connectivity index (χ1v) is 35.2. The Balaban J connectivity index is 1.39. The molecule has 19 nitrogen and oxygen atoms in total. The van der Waals surface area contributed by atoms with Crippen molar-refractivity contribution >= 4 is 5.91 Å². The van der Waals surface area contributed by atoms with E-state index >= 15 is 0 Å². The van der Waals surface area contributed by atoms with Crippen molar-refractivity contribution in [1.82, 2.24) is 5.32 Å². The summed E-state index contributed by atoms with van der Waals surface area (Å²) in [6, 6.07) is -0.993. The molecule has 19 heteroatoms. The van der Waals surface area contributed by atoms with Crippen LogP contribution in [0.2, 0.25) is 0 Å². The van der Waals surface area contributed by atoms with E-state index in [1.807, 2.05) is 6.08 Å². The fraction of sp³-hybridized carbons (Fsp3) is 0.899. The Bertz CT molecular complexity index is 1740. The standard InChI is InChI=1S/C69H127NO18/c1-3-5-7-9-11-13-15-16-17-18-19-20-21-22-23-24-25-26-27-28-29-30-31-32-33-34-35-37-38-40-42-44-46-53(74)52(70-57(75)47-45-43-41-39-36-14-12-10-8-6-4-2)51-83-67-63(81)60(78)65(55(49-72)85-67)88-69-64(82)61(79)66(56(50-73)86-69)87-68-62(80)59(77)58(76)54(48-71)84-68/h32-33,37-38,44,46,52-56,58-69,71-74,76-82H,3-31,34-36,39-43,45,47-51H2,1-2H3,(H,70,75)/b33-32+,38-37+,46-44+. The van der Waals surface area contributed by atoms with Crippen molar-refractivity contribution in [3.63, 3.8) is 0 Å². The second-order valence-corrected chi connectivity index (χ2v) is 25.3. The van der Waals surface area contributed by atoms with Gasteiger partial charge in [0, 0.05) is 6.42 Å². The SMILES string of the molecule is CCCCCCCCCCCCCCCCCCCCCCCC/C=C/CC/C=C/CC/C=C/C(O)C(COC1OC(CO)C(OC2OC(CO)C(OC3OC(CO)C(O)C(O)C3O)C(O)C2O)C(O)C1O)NC(=O)CCCCCCCCCCCCC. The van der Waals surface area contributed by atoms with Crippen LogP contribution in [0.4, 0.5) is 0 Å². The first-order valence-electron chi connectivity index (χ1n) is 35.2. The zero-order valence-electron chi connectivity index (χ0n) is 54.5. The number of carbonyl (C=O) groups excluding carboxylic acids is 1. The molecular formula is C69H127NO18. The van der Waals surface area contributed by atoms with Crippen molar-refractivity contribution in [2.24, 2.45) is 0 Å². The highest BCUT2D eigenvalue weighted by Crippen LogP contribution is 2.33. The maximum atomic E-state index is 13.3. The maximum absolute atomic E-state index is 13.3.